The van der Waals surface area contributed by atoms with Crippen LogP contribution in [0.5, 0.6) is 0 Å². The summed E-state index contributed by atoms with van der Waals surface area (Å²) in [5.41, 5.74) is 0. The third kappa shape index (κ3) is 19.2. The van der Waals surface area contributed by atoms with Crippen LogP contribution in [0, 0.1) is 0 Å². The second-order valence-electron chi connectivity index (χ2n) is 2.53. The van der Waals surface area contributed by atoms with Crippen LogP contribution in [0.1, 0.15) is 6.92 Å². The van der Waals surface area contributed by atoms with Gasteiger partial charge < -0.3 is 29.6 Å². The zero-order chi connectivity index (χ0) is 11.0. The lowest BCUT2D eigenvalue weighted by atomic mass is 10.6. The summed E-state index contributed by atoms with van der Waals surface area (Å²) in [5.74, 6) is -0.833. The minimum absolute atomic E-state index is 0. The maximum absolute atomic E-state index is 9.44. The van der Waals surface area contributed by atoms with E-state index >= 15 is 0 Å². The number of carbonyl (C=O) groups is 3. The van der Waals surface area contributed by atoms with Gasteiger partial charge in [-0.15, -0.1) is 0 Å². The van der Waals surface area contributed by atoms with E-state index in [-0.39, 0.29) is 17.7 Å². The van der Waals surface area contributed by atoms with Gasteiger partial charge in [-0.2, -0.15) is 0 Å². The minimum Gasteiger partial charge on any atom is -0.481 e. The first kappa shape index (κ1) is 16.1. The highest BCUT2D eigenvalue weighted by atomic mass is 16.6. The Bertz CT molecular complexity index is 175. The summed E-state index contributed by atoms with van der Waals surface area (Å²) < 4.78 is 8.98. The highest BCUT2D eigenvalue weighted by Crippen LogP contribution is 2.02. The van der Waals surface area contributed by atoms with Gasteiger partial charge in [-0.1, -0.05) is 0 Å². The first-order valence-electron chi connectivity index (χ1n) is 3.93. The molecular formula is C8H14O7. The molecule has 7 heteroatoms. The Labute approximate surface area is 86.3 Å². The van der Waals surface area contributed by atoms with Gasteiger partial charge in [0.15, 0.2) is 12.6 Å². The molecule has 15 heavy (non-hydrogen) atoms. The van der Waals surface area contributed by atoms with Crippen molar-refractivity contribution in [1.29, 1.82) is 0 Å². The van der Waals surface area contributed by atoms with Crippen LogP contribution in [-0.2, 0) is 23.9 Å². The number of epoxide rings is 2. The Hall–Kier alpha value is -1.31. The Kier molecular flexibility index (Phi) is 9.95. The van der Waals surface area contributed by atoms with E-state index in [1.165, 1.54) is 0 Å². The molecular weight excluding hydrogens is 208 g/mol. The Morgan fingerprint density at radius 2 is 1.40 bits per heavy atom. The number of aliphatic carboxylic acids is 1. The summed E-state index contributed by atoms with van der Waals surface area (Å²) >= 11 is 0. The SMILES string of the molecule is CC(=O)O.O.O=CC1CO1.O=CC1CO1. The number of ether oxygens (including phenoxy) is 2. The maximum Gasteiger partial charge on any atom is 0.300 e. The van der Waals surface area contributed by atoms with E-state index in [1.807, 2.05) is 0 Å². The Morgan fingerprint density at radius 3 is 1.40 bits per heavy atom. The van der Waals surface area contributed by atoms with Crippen LogP contribution in [0.25, 0.3) is 0 Å². The summed E-state index contributed by atoms with van der Waals surface area (Å²) in [7, 11) is 0. The predicted octanol–water partition coefficient (Wildman–Crippen LogP) is -1.57. The largest absolute Gasteiger partial charge is 0.481 e. The number of carboxylic acids is 1. The van der Waals surface area contributed by atoms with Crippen LogP contribution in [-0.4, -0.2) is 54.5 Å². The number of hydrogen-bond acceptors (Lipinski definition) is 5. The zero-order valence-corrected chi connectivity index (χ0v) is 8.21. The molecule has 2 heterocycles. The molecule has 0 saturated carbocycles. The molecule has 2 aliphatic rings. The maximum atomic E-state index is 9.44. The van der Waals surface area contributed by atoms with Gasteiger partial charge in [0.2, 0.25) is 0 Å². The van der Waals surface area contributed by atoms with Crippen molar-refractivity contribution in [1.82, 2.24) is 0 Å². The van der Waals surface area contributed by atoms with Crippen LogP contribution >= 0.6 is 0 Å². The molecule has 0 aromatic rings. The second kappa shape index (κ2) is 9.25. The molecule has 2 atom stereocenters. The fourth-order valence-corrected chi connectivity index (χ4v) is 0.268. The van der Waals surface area contributed by atoms with Gasteiger partial charge in [0, 0.05) is 6.92 Å². The molecule has 2 rings (SSSR count). The van der Waals surface area contributed by atoms with Gasteiger partial charge in [0.05, 0.1) is 13.2 Å². The van der Waals surface area contributed by atoms with E-state index in [4.69, 9.17) is 9.90 Å². The molecule has 2 unspecified atom stereocenters. The molecule has 0 spiro atoms. The average Bonchev–Trinajstić information content (AvgIpc) is 3.00. The van der Waals surface area contributed by atoms with Crippen LogP contribution in [0.4, 0.5) is 0 Å². The summed E-state index contributed by atoms with van der Waals surface area (Å²) in [6.07, 6.45) is 1.52. The number of hydrogen-bond donors (Lipinski definition) is 1. The minimum atomic E-state index is -0.833. The molecule has 0 bridgehead atoms. The smallest absolute Gasteiger partial charge is 0.300 e. The van der Waals surface area contributed by atoms with Crippen molar-refractivity contribution in [3.8, 4) is 0 Å². The van der Waals surface area contributed by atoms with Crippen molar-refractivity contribution in [2.45, 2.75) is 19.1 Å². The van der Waals surface area contributed by atoms with E-state index in [0.29, 0.717) is 13.2 Å². The van der Waals surface area contributed by atoms with Crippen molar-refractivity contribution in [3.05, 3.63) is 0 Å². The number of aldehydes is 2. The van der Waals surface area contributed by atoms with E-state index in [2.05, 4.69) is 9.47 Å². The van der Waals surface area contributed by atoms with Crippen molar-refractivity contribution < 1.29 is 34.4 Å². The van der Waals surface area contributed by atoms with Gasteiger partial charge in [0.25, 0.3) is 5.97 Å². The van der Waals surface area contributed by atoms with Crippen LogP contribution in [0.3, 0.4) is 0 Å². The summed E-state index contributed by atoms with van der Waals surface area (Å²) in [4.78, 5) is 27.9. The lowest BCUT2D eigenvalue weighted by Gasteiger charge is -1.59. The van der Waals surface area contributed by atoms with Gasteiger partial charge in [-0.3, -0.25) is 4.79 Å². The molecule has 88 valence electrons. The van der Waals surface area contributed by atoms with E-state index in [1.54, 1.807) is 0 Å². The van der Waals surface area contributed by atoms with Crippen molar-refractivity contribution in [2.24, 2.45) is 0 Å². The number of carboxylic acid groups (broad SMARTS) is 1. The second-order valence-corrected chi connectivity index (χ2v) is 2.53. The summed E-state index contributed by atoms with van der Waals surface area (Å²) in [6.45, 7) is 2.37. The highest BCUT2D eigenvalue weighted by molar-refractivity contribution is 5.63. The third-order valence-electron chi connectivity index (χ3n) is 1.02. The van der Waals surface area contributed by atoms with Crippen molar-refractivity contribution in [3.63, 3.8) is 0 Å². The first-order chi connectivity index (χ1) is 6.60. The topological polar surface area (TPSA) is 128 Å². The van der Waals surface area contributed by atoms with Crippen LogP contribution in [0.2, 0.25) is 0 Å². The molecule has 0 aromatic carbocycles. The zero-order valence-electron chi connectivity index (χ0n) is 8.21. The lowest BCUT2D eigenvalue weighted by Crippen LogP contribution is -1.79. The standard InChI is InChI=1S/2C3H4O2.C2H4O2.H2O/c2*4-1-3-2-5-3;1-2(3)4;/h2*1,3H,2H2;1H3,(H,3,4);1H2. The molecule has 3 N–H and O–H groups in total. The lowest BCUT2D eigenvalue weighted by molar-refractivity contribution is -0.134. The quantitative estimate of drug-likeness (QED) is 0.444. The molecule has 0 amide bonds. The van der Waals surface area contributed by atoms with E-state index < -0.39 is 5.97 Å². The average molecular weight is 222 g/mol. The highest BCUT2D eigenvalue weighted by Gasteiger charge is 2.20. The van der Waals surface area contributed by atoms with E-state index in [0.717, 1.165) is 19.5 Å². The molecule has 2 saturated heterocycles. The number of rotatable bonds is 2. The Balaban J connectivity index is 0. The van der Waals surface area contributed by atoms with Crippen molar-refractivity contribution >= 4 is 18.5 Å². The molecule has 0 aromatic heterocycles. The fourth-order valence-electron chi connectivity index (χ4n) is 0.268. The molecule has 2 fully saturated rings. The molecule has 2 aliphatic heterocycles. The van der Waals surface area contributed by atoms with Crippen LogP contribution < -0.4 is 0 Å². The monoisotopic (exact) mass is 222 g/mol. The van der Waals surface area contributed by atoms with Crippen molar-refractivity contribution in [2.75, 3.05) is 13.2 Å². The van der Waals surface area contributed by atoms with Gasteiger partial charge in [-0.05, 0) is 0 Å². The molecule has 0 aliphatic carbocycles. The summed E-state index contributed by atoms with van der Waals surface area (Å²) in [6, 6.07) is 0. The normalized spacial score (nSPS) is 23.8. The molecule has 7 nitrogen and oxygen atoms in total. The summed E-state index contributed by atoms with van der Waals surface area (Å²) in [5, 5.41) is 7.42. The van der Waals surface area contributed by atoms with Gasteiger partial charge in [-0.25, -0.2) is 0 Å². The fraction of sp³-hybridized carbons (Fsp3) is 0.625. The van der Waals surface area contributed by atoms with Gasteiger partial charge in [0.1, 0.15) is 12.2 Å². The molecule has 0 radical (unpaired) electrons. The first-order valence-corrected chi connectivity index (χ1v) is 3.93. The Morgan fingerprint density at radius 1 is 1.20 bits per heavy atom. The number of carbonyl (C=O) groups excluding carboxylic acids is 2. The van der Waals surface area contributed by atoms with Gasteiger partial charge >= 0.3 is 0 Å². The predicted molar refractivity (Wildman–Crippen MR) is 48.5 cm³/mol. The van der Waals surface area contributed by atoms with Crippen LogP contribution in [0.15, 0.2) is 0 Å². The van der Waals surface area contributed by atoms with E-state index in [9.17, 15) is 9.59 Å². The third-order valence-corrected chi connectivity index (χ3v) is 1.02.